The van der Waals surface area contributed by atoms with Gasteiger partial charge in [-0.2, -0.15) is 0 Å². The Bertz CT molecular complexity index is 431. The summed E-state index contributed by atoms with van der Waals surface area (Å²) in [5.74, 6) is 0. The molecule has 0 aliphatic carbocycles. The predicted molar refractivity (Wildman–Crippen MR) is 65.0 cm³/mol. The maximum atomic E-state index is 5.50. The van der Waals surface area contributed by atoms with E-state index in [2.05, 4.69) is 36.2 Å². The fourth-order valence-corrected chi connectivity index (χ4v) is 2.34. The molecule has 0 fully saturated rings. The monoisotopic (exact) mass is 218 g/mol. The van der Waals surface area contributed by atoms with E-state index < -0.39 is 0 Å². The summed E-state index contributed by atoms with van der Waals surface area (Å²) in [5.41, 5.74) is 8.02. The molecule has 2 nitrogen and oxygen atoms in total. The van der Waals surface area contributed by atoms with Crippen LogP contribution < -0.4 is 5.73 Å². The first-order valence-corrected chi connectivity index (χ1v) is 5.83. The van der Waals surface area contributed by atoms with Crippen LogP contribution in [-0.4, -0.2) is 11.5 Å². The van der Waals surface area contributed by atoms with Crippen LogP contribution in [0.25, 0.3) is 10.4 Å². The first-order valence-electron chi connectivity index (χ1n) is 5.01. The van der Waals surface area contributed by atoms with Crippen molar-refractivity contribution < 1.29 is 0 Å². The summed E-state index contributed by atoms with van der Waals surface area (Å²) in [6.07, 6.45) is 2.80. The Hall–Kier alpha value is -1.19. The second kappa shape index (κ2) is 4.55. The van der Waals surface area contributed by atoms with Gasteiger partial charge in [-0.15, -0.1) is 11.3 Å². The predicted octanol–water partition coefficient (Wildman–Crippen LogP) is 2.62. The number of hydrogen-bond acceptors (Lipinski definition) is 3. The third-order valence-corrected chi connectivity index (χ3v) is 3.35. The molecule has 0 unspecified atom stereocenters. The van der Waals surface area contributed by atoms with E-state index in [9.17, 15) is 0 Å². The zero-order valence-electron chi connectivity index (χ0n) is 8.73. The standard InChI is InChI=1S/C12H14N2S/c1-9-2-4-10(5-3-9)11-8-14-12(15-11)6-7-13/h2-5,8H,6-7,13H2,1H3. The number of nitrogens with two attached hydrogens (primary N) is 1. The molecule has 0 aliphatic rings. The van der Waals surface area contributed by atoms with Crippen LogP contribution in [0.2, 0.25) is 0 Å². The Morgan fingerprint density at radius 2 is 2.00 bits per heavy atom. The van der Waals surface area contributed by atoms with Crippen molar-refractivity contribution in [2.45, 2.75) is 13.3 Å². The van der Waals surface area contributed by atoms with E-state index in [-0.39, 0.29) is 0 Å². The van der Waals surface area contributed by atoms with Crippen molar-refractivity contribution in [2.75, 3.05) is 6.54 Å². The number of rotatable bonds is 3. The van der Waals surface area contributed by atoms with Crippen LogP contribution in [0, 0.1) is 6.92 Å². The largest absolute Gasteiger partial charge is 0.330 e. The number of thiazole rings is 1. The normalized spacial score (nSPS) is 10.5. The minimum Gasteiger partial charge on any atom is -0.330 e. The molecule has 0 radical (unpaired) electrons. The van der Waals surface area contributed by atoms with E-state index in [4.69, 9.17) is 5.73 Å². The van der Waals surface area contributed by atoms with Crippen molar-refractivity contribution in [1.82, 2.24) is 4.98 Å². The fraction of sp³-hybridized carbons (Fsp3) is 0.250. The van der Waals surface area contributed by atoms with Crippen molar-refractivity contribution >= 4 is 11.3 Å². The van der Waals surface area contributed by atoms with Gasteiger partial charge in [-0.1, -0.05) is 29.8 Å². The first kappa shape index (κ1) is 10.3. The Morgan fingerprint density at radius 1 is 1.27 bits per heavy atom. The van der Waals surface area contributed by atoms with E-state index in [0.717, 1.165) is 11.4 Å². The Kier molecular flexibility index (Phi) is 3.14. The average Bonchev–Trinajstić information content (AvgIpc) is 2.68. The third-order valence-electron chi connectivity index (χ3n) is 2.25. The molecule has 3 heteroatoms. The lowest BCUT2D eigenvalue weighted by Crippen LogP contribution is -2.01. The summed E-state index contributed by atoms with van der Waals surface area (Å²) in [7, 11) is 0. The highest BCUT2D eigenvalue weighted by molar-refractivity contribution is 7.15. The SMILES string of the molecule is Cc1ccc(-c2cnc(CCN)s2)cc1. The lowest BCUT2D eigenvalue weighted by molar-refractivity contribution is 0.953. The molecule has 0 atom stereocenters. The topological polar surface area (TPSA) is 38.9 Å². The van der Waals surface area contributed by atoms with E-state index in [1.54, 1.807) is 11.3 Å². The maximum absolute atomic E-state index is 5.50. The van der Waals surface area contributed by atoms with Gasteiger partial charge in [0.1, 0.15) is 0 Å². The highest BCUT2D eigenvalue weighted by atomic mass is 32.1. The number of benzene rings is 1. The van der Waals surface area contributed by atoms with Gasteiger partial charge in [0.25, 0.3) is 0 Å². The van der Waals surface area contributed by atoms with Crippen LogP contribution in [-0.2, 0) is 6.42 Å². The highest BCUT2D eigenvalue weighted by Crippen LogP contribution is 2.26. The maximum Gasteiger partial charge on any atom is 0.0943 e. The molecule has 0 aliphatic heterocycles. The number of aryl methyl sites for hydroxylation is 1. The molecular formula is C12H14N2S. The van der Waals surface area contributed by atoms with Gasteiger partial charge in [0.2, 0.25) is 0 Å². The second-order valence-electron chi connectivity index (χ2n) is 3.52. The number of nitrogens with zero attached hydrogens (tertiary/aromatic N) is 1. The van der Waals surface area contributed by atoms with Crippen molar-refractivity contribution in [3.63, 3.8) is 0 Å². The van der Waals surface area contributed by atoms with Crippen LogP contribution in [0.1, 0.15) is 10.6 Å². The molecule has 15 heavy (non-hydrogen) atoms. The summed E-state index contributed by atoms with van der Waals surface area (Å²) in [6.45, 7) is 2.76. The molecule has 1 heterocycles. The van der Waals surface area contributed by atoms with E-state index in [1.807, 2.05) is 6.20 Å². The molecule has 78 valence electrons. The van der Waals surface area contributed by atoms with Crippen molar-refractivity contribution in [2.24, 2.45) is 5.73 Å². The highest BCUT2D eigenvalue weighted by Gasteiger charge is 2.03. The quantitative estimate of drug-likeness (QED) is 0.860. The molecule has 0 amide bonds. The summed E-state index contributed by atoms with van der Waals surface area (Å²) < 4.78 is 0. The van der Waals surface area contributed by atoms with Gasteiger partial charge < -0.3 is 5.73 Å². The Morgan fingerprint density at radius 3 is 2.67 bits per heavy atom. The van der Waals surface area contributed by atoms with Crippen LogP contribution in [0.4, 0.5) is 0 Å². The number of hydrogen-bond donors (Lipinski definition) is 1. The summed E-state index contributed by atoms with van der Waals surface area (Å²) in [5, 5.41) is 1.12. The van der Waals surface area contributed by atoms with E-state index >= 15 is 0 Å². The lowest BCUT2D eigenvalue weighted by atomic mass is 10.1. The molecule has 0 saturated carbocycles. The van der Waals surface area contributed by atoms with Crippen molar-refractivity contribution in [3.05, 3.63) is 41.0 Å². The minimum absolute atomic E-state index is 0.668. The van der Waals surface area contributed by atoms with Gasteiger partial charge >= 0.3 is 0 Å². The average molecular weight is 218 g/mol. The first-order chi connectivity index (χ1) is 7.29. The Labute approximate surface area is 93.8 Å². The van der Waals surface area contributed by atoms with Gasteiger partial charge in [-0.05, 0) is 19.0 Å². The molecule has 1 aromatic carbocycles. The summed E-state index contributed by atoms with van der Waals surface area (Å²) in [4.78, 5) is 5.56. The molecule has 1 aromatic heterocycles. The van der Waals surface area contributed by atoms with Gasteiger partial charge in [0.05, 0.1) is 9.88 Å². The molecule has 0 saturated heterocycles. The summed E-state index contributed by atoms with van der Waals surface area (Å²) in [6, 6.07) is 8.51. The fourth-order valence-electron chi connectivity index (χ4n) is 1.40. The van der Waals surface area contributed by atoms with Crippen LogP contribution >= 0.6 is 11.3 Å². The van der Waals surface area contributed by atoms with Crippen LogP contribution in [0.15, 0.2) is 30.5 Å². The zero-order valence-corrected chi connectivity index (χ0v) is 9.55. The van der Waals surface area contributed by atoms with Gasteiger partial charge in [0.15, 0.2) is 0 Å². The lowest BCUT2D eigenvalue weighted by Gasteiger charge is -1.96. The van der Waals surface area contributed by atoms with Crippen molar-refractivity contribution in [3.8, 4) is 10.4 Å². The molecular weight excluding hydrogens is 204 g/mol. The molecule has 2 rings (SSSR count). The van der Waals surface area contributed by atoms with Gasteiger partial charge in [-0.25, -0.2) is 4.98 Å². The van der Waals surface area contributed by atoms with E-state index in [0.29, 0.717) is 6.54 Å². The van der Waals surface area contributed by atoms with Gasteiger partial charge in [0, 0.05) is 12.6 Å². The second-order valence-corrected chi connectivity index (χ2v) is 4.64. The Balaban J connectivity index is 2.25. The van der Waals surface area contributed by atoms with Crippen molar-refractivity contribution in [1.29, 1.82) is 0 Å². The van der Waals surface area contributed by atoms with Gasteiger partial charge in [-0.3, -0.25) is 0 Å². The minimum atomic E-state index is 0.668. The zero-order chi connectivity index (χ0) is 10.7. The molecule has 2 N–H and O–H groups in total. The third kappa shape index (κ3) is 2.43. The molecule has 0 bridgehead atoms. The molecule has 0 spiro atoms. The van der Waals surface area contributed by atoms with Crippen LogP contribution in [0.3, 0.4) is 0 Å². The summed E-state index contributed by atoms with van der Waals surface area (Å²) >= 11 is 1.73. The van der Waals surface area contributed by atoms with Crippen LogP contribution in [0.5, 0.6) is 0 Å². The van der Waals surface area contributed by atoms with E-state index in [1.165, 1.54) is 16.0 Å². The smallest absolute Gasteiger partial charge is 0.0943 e. The number of aromatic nitrogens is 1. The molecule has 2 aromatic rings.